The minimum atomic E-state index is -4.24. The van der Waals surface area contributed by atoms with Gasteiger partial charge in [-0.3, -0.25) is 4.57 Å². The van der Waals surface area contributed by atoms with Gasteiger partial charge in [0, 0.05) is 11.4 Å². The average Bonchev–Trinajstić information content (AvgIpc) is 2.67. The zero-order valence-corrected chi connectivity index (χ0v) is 9.73. The van der Waals surface area contributed by atoms with Crippen molar-refractivity contribution in [1.29, 1.82) is 0 Å². The molecule has 0 aromatic heterocycles. The van der Waals surface area contributed by atoms with Gasteiger partial charge in [0.2, 0.25) is 5.85 Å². The van der Waals surface area contributed by atoms with Crippen molar-refractivity contribution >= 4 is 24.9 Å². The molecular weight excluding hydrogens is 253 g/mol. The second-order valence-electron chi connectivity index (χ2n) is 3.40. The monoisotopic (exact) mass is 261 g/mol. The Morgan fingerprint density at radius 1 is 1.38 bits per heavy atom. The highest BCUT2D eigenvalue weighted by Crippen LogP contribution is 2.46. The van der Waals surface area contributed by atoms with Crippen LogP contribution in [0, 0.1) is 0 Å². The summed E-state index contributed by atoms with van der Waals surface area (Å²) < 4.78 is 10.9. The van der Waals surface area contributed by atoms with Crippen molar-refractivity contribution in [3.63, 3.8) is 0 Å². The van der Waals surface area contributed by atoms with Crippen LogP contribution in [0.5, 0.6) is 0 Å². The summed E-state index contributed by atoms with van der Waals surface area (Å²) in [5.74, 6) is -1.17. The van der Waals surface area contributed by atoms with Gasteiger partial charge >= 0.3 is 7.60 Å². The summed E-state index contributed by atoms with van der Waals surface area (Å²) in [7, 11) is -4.24. The van der Waals surface area contributed by atoms with E-state index in [4.69, 9.17) is 26.2 Å². The lowest BCUT2D eigenvalue weighted by Crippen LogP contribution is -2.08. The highest BCUT2D eigenvalue weighted by Gasteiger charge is 2.36. The minimum absolute atomic E-state index is 0.103. The van der Waals surface area contributed by atoms with Gasteiger partial charge in [-0.05, 0) is 17.7 Å². The number of hydrogen-bond acceptors (Lipinski definition) is 3. The molecule has 7 heteroatoms. The fraction of sp³-hybridized carbons (Fsp3) is 0.222. The Bertz CT molecular complexity index is 467. The molecule has 5 nitrogen and oxygen atoms in total. The maximum Gasteiger partial charge on any atom is 0.368 e. The molecule has 0 spiro atoms. The van der Waals surface area contributed by atoms with Crippen molar-refractivity contribution in [3.8, 4) is 0 Å². The molecule has 1 aromatic rings. The number of benzene rings is 1. The lowest BCUT2D eigenvalue weighted by molar-refractivity contribution is 0.117. The number of oxime groups is 1. The maximum atomic E-state index is 10.9. The molecule has 0 bridgehead atoms. The van der Waals surface area contributed by atoms with Gasteiger partial charge in [-0.2, -0.15) is 0 Å². The molecule has 86 valence electrons. The van der Waals surface area contributed by atoms with Crippen LogP contribution in [0.15, 0.2) is 29.4 Å². The molecule has 0 fully saturated rings. The SMILES string of the molecule is O=P(O)(O)C1CC(c2ccc(Cl)cc2)=NO1. The Morgan fingerprint density at radius 3 is 2.50 bits per heavy atom. The van der Waals surface area contributed by atoms with Gasteiger partial charge in [0.25, 0.3) is 0 Å². The van der Waals surface area contributed by atoms with Crippen LogP contribution in [-0.4, -0.2) is 21.3 Å². The minimum Gasteiger partial charge on any atom is -0.379 e. The number of hydrogen-bond donors (Lipinski definition) is 2. The second kappa shape index (κ2) is 4.18. The Balaban J connectivity index is 2.15. The molecule has 1 unspecified atom stereocenters. The first kappa shape index (κ1) is 11.6. The number of halogens is 1. The fourth-order valence-electron chi connectivity index (χ4n) is 1.36. The van der Waals surface area contributed by atoms with E-state index in [1.165, 1.54) is 0 Å². The molecule has 2 rings (SSSR count). The standard InChI is InChI=1S/C9H9ClNO4P/c10-7-3-1-6(2-4-7)8-5-9(15-11-8)16(12,13)14/h1-4,9H,5H2,(H2,12,13,14). The van der Waals surface area contributed by atoms with Crippen LogP contribution in [0.1, 0.15) is 12.0 Å². The molecule has 2 N–H and O–H groups in total. The molecule has 1 aromatic carbocycles. The third-order valence-electron chi connectivity index (χ3n) is 2.21. The summed E-state index contributed by atoms with van der Waals surface area (Å²) >= 11 is 5.72. The Kier molecular flexibility index (Phi) is 3.04. The first-order chi connectivity index (χ1) is 7.47. The van der Waals surface area contributed by atoms with Crippen molar-refractivity contribution in [2.24, 2.45) is 5.16 Å². The molecule has 0 saturated heterocycles. The smallest absolute Gasteiger partial charge is 0.368 e. The third-order valence-corrected chi connectivity index (χ3v) is 3.48. The van der Waals surface area contributed by atoms with Gasteiger partial charge in [-0.25, -0.2) is 0 Å². The van der Waals surface area contributed by atoms with E-state index in [1.54, 1.807) is 24.3 Å². The molecule has 1 atom stereocenters. The van der Waals surface area contributed by atoms with Crippen LogP contribution < -0.4 is 0 Å². The molecular formula is C9H9ClNO4P. The summed E-state index contributed by atoms with van der Waals surface area (Å²) in [5, 5.41) is 4.26. The first-order valence-corrected chi connectivity index (χ1v) is 6.56. The van der Waals surface area contributed by atoms with Crippen LogP contribution >= 0.6 is 19.2 Å². The van der Waals surface area contributed by atoms with E-state index in [1.807, 2.05) is 0 Å². The van der Waals surface area contributed by atoms with Gasteiger partial charge in [-0.15, -0.1) is 0 Å². The van der Waals surface area contributed by atoms with E-state index < -0.39 is 13.4 Å². The zero-order valence-electron chi connectivity index (χ0n) is 8.08. The summed E-state index contributed by atoms with van der Waals surface area (Å²) in [4.78, 5) is 22.5. The van der Waals surface area contributed by atoms with E-state index in [9.17, 15) is 4.57 Å². The Labute approximate surface area is 96.8 Å². The van der Waals surface area contributed by atoms with E-state index >= 15 is 0 Å². The summed E-state index contributed by atoms with van der Waals surface area (Å²) in [6.45, 7) is 0. The Hall–Kier alpha value is -0.870. The summed E-state index contributed by atoms with van der Waals surface area (Å²) in [6.07, 6.45) is 0.103. The fourth-order valence-corrected chi connectivity index (χ4v) is 2.06. The molecule has 0 saturated carbocycles. The van der Waals surface area contributed by atoms with Gasteiger partial charge < -0.3 is 14.6 Å². The van der Waals surface area contributed by atoms with Crippen molar-refractivity contribution < 1.29 is 19.2 Å². The van der Waals surface area contributed by atoms with Crippen LogP contribution in [0.3, 0.4) is 0 Å². The van der Waals surface area contributed by atoms with Crippen molar-refractivity contribution in [2.75, 3.05) is 0 Å². The molecule has 0 amide bonds. The van der Waals surface area contributed by atoms with E-state index in [0.717, 1.165) is 5.56 Å². The topological polar surface area (TPSA) is 79.1 Å². The predicted molar refractivity (Wildman–Crippen MR) is 59.5 cm³/mol. The summed E-state index contributed by atoms with van der Waals surface area (Å²) in [5.41, 5.74) is 1.27. The average molecular weight is 262 g/mol. The van der Waals surface area contributed by atoms with Gasteiger partial charge in [0.1, 0.15) is 0 Å². The highest BCUT2D eigenvalue weighted by atomic mass is 35.5. The van der Waals surface area contributed by atoms with E-state index in [-0.39, 0.29) is 6.42 Å². The van der Waals surface area contributed by atoms with Gasteiger partial charge in [0.05, 0.1) is 5.71 Å². The highest BCUT2D eigenvalue weighted by molar-refractivity contribution is 7.52. The van der Waals surface area contributed by atoms with Gasteiger partial charge in [0.15, 0.2) is 0 Å². The molecule has 0 radical (unpaired) electrons. The normalized spacial score (nSPS) is 20.4. The largest absolute Gasteiger partial charge is 0.379 e. The quantitative estimate of drug-likeness (QED) is 0.798. The van der Waals surface area contributed by atoms with Crippen LogP contribution in [-0.2, 0) is 9.40 Å². The van der Waals surface area contributed by atoms with Crippen molar-refractivity contribution in [1.82, 2.24) is 0 Å². The lowest BCUT2D eigenvalue weighted by atomic mass is 10.1. The Morgan fingerprint density at radius 2 is 2.00 bits per heavy atom. The summed E-state index contributed by atoms with van der Waals surface area (Å²) in [6, 6.07) is 6.83. The molecule has 1 aliphatic rings. The van der Waals surface area contributed by atoms with Crippen LogP contribution in [0.2, 0.25) is 5.02 Å². The zero-order chi connectivity index (χ0) is 11.8. The maximum absolute atomic E-state index is 10.9. The van der Waals surface area contributed by atoms with E-state index in [2.05, 4.69) is 5.16 Å². The van der Waals surface area contributed by atoms with Crippen molar-refractivity contribution in [2.45, 2.75) is 12.3 Å². The van der Waals surface area contributed by atoms with Crippen LogP contribution in [0.4, 0.5) is 0 Å². The number of rotatable bonds is 2. The van der Waals surface area contributed by atoms with Crippen molar-refractivity contribution in [3.05, 3.63) is 34.9 Å². The first-order valence-electron chi connectivity index (χ1n) is 4.50. The van der Waals surface area contributed by atoms with E-state index in [0.29, 0.717) is 10.7 Å². The number of nitrogens with zero attached hydrogens (tertiary/aromatic N) is 1. The molecule has 1 heterocycles. The molecule has 16 heavy (non-hydrogen) atoms. The van der Waals surface area contributed by atoms with Crippen LogP contribution in [0.25, 0.3) is 0 Å². The molecule has 0 aliphatic carbocycles. The second-order valence-corrected chi connectivity index (χ2v) is 5.59. The van der Waals surface area contributed by atoms with Gasteiger partial charge in [-0.1, -0.05) is 28.9 Å². The third kappa shape index (κ3) is 2.44. The lowest BCUT2D eigenvalue weighted by Gasteiger charge is -2.08. The predicted octanol–water partition coefficient (Wildman–Crippen LogP) is 1.97. The molecule has 1 aliphatic heterocycles.